The number of thiocarbonyl (C=S) groups is 1. The summed E-state index contributed by atoms with van der Waals surface area (Å²) in [7, 11) is 1.67. The predicted octanol–water partition coefficient (Wildman–Crippen LogP) is 1.44. The van der Waals surface area contributed by atoms with Crippen LogP contribution >= 0.6 is 12.2 Å². The monoisotopic (exact) mass is 306 g/mol. The van der Waals surface area contributed by atoms with Gasteiger partial charge in [-0.25, -0.2) is 4.98 Å². The van der Waals surface area contributed by atoms with Crippen molar-refractivity contribution in [3.8, 4) is 0 Å². The van der Waals surface area contributed by atoms with Crippen molar-refractivity contribution in [2.24, 2.45) is 5.73 Å². The van der Waals surface area contributed by atoms with Crippen LogP contribution in [0.2, 0.25) is 0 Å². The first-order chi connectivity index (χ1) is 9.95. The lowest BCUT2D eigenvalue weighted by atomic mass is 9.99. The van der Waals surface area contributed by atoms with E-state index in [2.05, 4.69) is 15.2 Å². The minimum absolute atomic E-state index is 0.0181. The van der Waals surface area contributed by atoms with Gasteiger partial charge >= 0.3 is 0 Å². The summed E-state index contributed by atoms with van der Waals surface area (Å²) in [6.07, 6.45) is 2.91. The molecular formula is C15H22N4OS. The van der Waals surface area contributed by atoms with Crippen molar-refractivity contribution in [2.45, 2.75) is 39.2 Å². The third kappa shape index (κ3) is 3.15. The Balaban J connectivity index is 2.52. The van der Waals surface area contributed by atoms with Gasteiger partial charge in [-0.15, -0.1) is 0 Å². The summed E-state index contributed by atoms with van der Waals surface area (Å²) in [6, 6.07) is 1.77. The summed E-state index contributed by atoms with van der Waals surface area (Å²) in [5.74, 6) is 0.762. The molecule has 1 aromatic heterocycles. The standard InChI is InChI=1S/C15H22N4OS/c1-9-8-10(2)18-14(12(9)13(16)21)19-7-5-4-6-11(19)15(20)17-3/h8,11H,4-7H2,1-3H3,(H2,16,21)(H,17,20). The van der Waals surface area contributed by atoms with Crippen LogP contribution in [0.3, 0.4) is 0 Å². The molecule has 0 radical (unpaired) electrons. The molecule has 21 heavy (non-hydrogen) atoms. The van der Waals surface area contributed by atoms with E-state index in [1.165, 1.54) is 0 Å². The van der Waals surface area contributed by atoms with Gasteiger partial charge in [-0.3, -0.25) is 4.79 Å². The number of hydrogen-bond acceptors (Lipinski definition) is 4. The van der Waals surface area contributed by atoms with Gasteiger partial charge in [0.05, 0.1) is 5.56 Å². The second-order valence-electron chi connectivity index (χ2n) is 5.46. The lowest BCUT2D eigenvalue weighted by Gasteiger charge is -2.36. The number of aromatic nitrogens is 1. The normalized spacial score (nSPS) is 18.4. The van der Waals surface area contributed by atoms with Crippen molar-refractivity contribution in [2.75, 3.05) is 18.5 Å². The molecule has 1 fully saturated rings. The Labute approximate surface area is 130 Å². The van der Waals surface area contributed by atoms with Crippen molar-refractivity contribution < 1.29 is 4.79 Å². The number of carbonyl (C=O) groups is 1. The Morgan fingerprint density at radius 3 is 2.81 bits per heavy atom. The highest BCUT2D eigenvalue weighted by Gasteiger charge is 2.31. The molecule has 1 unspecified atom stereocenters. The summed E-state index contributed by atoms with van der Waals surface area (Å²) >= 11 is 5.19. The highest BCUT2D eigenvalue weighted by atomic mass is 32.1. The van der Waals surface area contributed by atoms with Crippen LogP contribution in [0, 0.1) is 13.8 Å². The summed E-state index contributed by atoms with van der Waals surface area (Å²) < 4.78 is 0. The predicted molar refractivity (Wildman–Crippen MR) is 88.7 cm³/mol. The highest BCUT2D eigenvalue weighted by Crippen LogP contribution is 2.29. The van der Waals surface area contributed by atoms with E-state index in [9.17, 15) is 4.79 Å². The van der Waals surface area contributed by atoms with Gasteiger partial charge in [-0.2, -0.15) is 0 Å². The van der Waals surface area contributed by atoms with Crippen LogP contribution in [-0.2, 0) is 4.79 Å². The van der Waals surface area contributed by atoms with Crippen LogP contribution in [0.1, 0.15) is 36.1 Å². The van der Waals surface area contributed by atoms with Crippen LogP contribution < -0.4 is 16.0 Å². The van der Waals surface area contributed by atoms with Gasteiger partial charge in [0.15, 0.2) is 0 Å². The summed E-state index contributed by atoms with van der Waals surface area (Å²) in [5, 5.41) is 2.74. The topological polar surface area (TPSA) is 71.2 Å². The number of rotatable bonds is 3. The molecule has 0 spiro atoms. The number of nitrogens with zero attached hydrogens (tertiary/aromatic N) is 2. The molecular weight excluding hydrogens is 284 g/mol. The zero-order valence-corrected chi connectivity index (χ0v) is 13.6. The molecule has 1 atom stereocenters. The van der Waals surface area contributed by atoms with E-state index >= 15 is 0 Å². The maximum Gasteiger partial charge on any atom is 0.242 e. The lowest BCUT2D eigenvalue weighted by molar-refractivity contribution is -0.122. The zero-order valence-electron chi connectivity index (χ0n) is 12.8. The number of aryl methyl sites for hydroxylation is 2. The average Bonchev–Trinajstić information content (AvgIpc) is 2.45. The molecule has 1 saturated heterocycles. The molecule has 1 aromatic rings. The molecule has 6 heteroatoms. The second-order valence-corrected chi connectivity index (χ2v) is 5.90. The Bertz CT molecular complexity index is 573. The number of carbonyl (C=O) groups excluding carboxylic acids is 1. The first kappa shape index (κ1) is 15.7. The van der Waals surface area contributed by atoms with Gasteiger partial charge in [0, 0.05) is 19.3 Å². The molecule has 0 saturated carbocycles. The lowest BCUT2D eigenvalue weighted by Crippen LogP contribution is -2.49. The summed E-state index contributed by atoms with van der Waals surface area (Å²) in [4.78, 5) is 19.2. The van der Waals surface area contributed by atoms with Crippen LogP contribution in [0.5, 0.6) is 0 Å². The third-order valence-electron chi connectivity index (χ3n) is 3.90. The number of likely N-dealkylation sites (N-methyl/N-ethyl adjacent to an activating group) is 1. The van der Waals surface area contributed by atoms with Gasteiger partial charge in [-0.1, -0.05) is 12.2 Å². The van der Waals surface area contributed by atoms with Gasteiger partial charge in [0.1, 0.15) is 16.8 Å². The Morgan fingerprint density at radius 2 is 2.19 bits per heavy atom. The number of piperidine rings is 1. The van der Waals surface area contributed by atoms with Gasteiger partial charge in [-0.05, 0) is 44.7 Å². The fourth-order valence-electron chi connectivity index (χ4n) is 2.95. The number of anilines is 1. The zero-order chi connectivity index (χ0) is 15.6. The molecule has 5 nitrogen and oxygen atoms in total. The van der Waals surface area contributed by atoms with Crippen molar-refractivity contribution >= 4 is 28.9 Å². The third-order valence-corrected chi connectivity index (χ3v) is 4.10. The minimum atomic E-state index is -0.203. The van der Waals surface area contributed by atoms with E-state index in [-0.39, 0.29) is 11.9 Å². The van der Waals surface area contributed by atoms with Gasteiger partial charge in [0.2, 0.25) is 5.91 Å². The fraction of sp³-hybridized carbons (Fsp3) is 0.533. The van der Waals surface area contributed by atoms with E-state index in [4.69, 9.17) is 18.0 Å². The van der Waals surface area contributed by atoms with Crippen LogP contribution in [0.4, 0.5) is 5.82 Å². The van der Waals surface area contributed by atoms with E-state index in [0.717, 1.165) is 48.4 Å². The Morgan fingerprint density at radius 1 is 1.48 bits per heavy atom. The quantitative estimate of drug-likeness (QED) is 0.827. The van der Waals surface area contributed by atoms with Crippen molar-refractivity contribution in [1.29, 1.82) is 0 Å². The number of nitrogens with two attached hydrogens (primary N) is 1. The minimum Gasteiger partial charge on any atom is -0.389 e. The van der Waals surface area contributed by atoms with E-state index in [1.54, 1.807) is 7.05 Å². The van der Waals surface area contributed by atoms with Crippen molar-refractivity contribution in [3.63, 3.8) is 0 Å². The summed E-state index contributed by atoms with van der Waals surface area (Å²) in [6.45, 7) is 4.72. The van der Waals surface area contributed by atoms with Crippen LogP contribution in [-0.4, -0.2) is 35.5 Å². The van der Waals surface area contributed by atoms with E-state index in [0.29, 0.717) is 4.99 Å². The fourth-order valence-corrected chi connectivity index (χ4v) is 3.21. The SMILES string of the molecule is CNC(=O)C1CCCCN1c1nc(C)cc(C)c1C(N)=S. The van der Waals surface area contributed by atoms with Gasteiger partial charge in [0.25, 0.3) is 0 Å². The molecule has 1 amide bonds. The smallest absolute Gasteiger partial charge is 0.242 e. The molecule has 2 heterocycles. The average molecular weight is 306 g/mol. The first-order valence-corrected chi connectivity index (χ1v) is 7.62. The number of nitrogens with one attached hydrogen (secondary N) is 1. The summed E-state index contributed by atoms with van der Waals surface area (Å²) in [5.41, 5.74) is 8.59. The maximum absolute atomic E-state index is 12.2. The number of pyridine rings is 1. The molecule has 1 aliphatic heterocycles. The molecule has 1 aliphatic rings. The molecule has 3 N–H and O–H groups in total. The molecule has 0 aliphatic carbocycles. The van der Waals surface area contributed by atoms with Crippen molar-refractivity contribution in [1.82, 2.24) is 10.3 Å². The number of amides is 1. The Kier molecular flexibility index (Phi) is 4.77. The Hall–Kier alpha value is -1.69. The highest BCUT2D eigenvalue weighted by molar-refractivity contribution is 7.80. The molecule has 0 bridgehead atoms. The molecule has 0 aromatic carbocycles. The maximum atomic E-state index is 12.2. The largest absolute Gasteiger partial charge is 0.389 e. The van der Waals surface area contributed by atoms with Crippen LogP contribution in [0.25, 0.3) is 0 Å². The van der Waals surface area contributed by atoms with Crippen molar-refractivity contribution in [3.05, 3.63) is 22.9 Å². The van der Waals surface area contributed by atoms with E-state index < -0.39 is 0 Å². The molecule has 2 rings (SSSR count). The second kappa shape index (κ2) is 6.39. The van der Waals surface area contributed by atoms with Gasteiger partial charge < -0.3 is 16.0 Å². The molecule has 114 valence electrons. The van der Waals surface area contributed by atoms with Crippen LogP contribution in [0.15, 0.2) is 6.07 Å². The van der Waals surface area contributed by atoms with E-state index in [1.807, 2.05) is 19.9 Å². The first-order valence-electron chi connectivity index (χ1n) is 7.22. The number of hydrogen-bond donors (Lipinski definition) is 2.